The van der Waals surface area contributed by atoms with Crippen LogP contribution in [0.4, 0.5) is 18.9 Å². The zero-order valence-electron chi connectivity index (χ0n) is 11.5. The second kappa shape index (κ2) is 6.35. The first-order valence-corrected chi connectivity index (χ1v) is 6.66. The van der Waals surface area contributed by atoms with Crippen molar-refractivity contribution in [1.82, 2.24) is 14.8 Å². The Hall–Kier alpha value is -2.09. The van der Waals surface area contributed by atoms with Gasteiger partial charge in [0.25, 0.3) is 0 Å². The molecule has 2 aromatic rings. The van der Waals surface area contributed by atoms with Crippen molar-refractivity contribution < 1.29 is 18.0 Å². The molecule has 2 heterocycles. The number of alkyl halides is 3. The van der Waals surface area contributed by atoms with Gasteiger partial charge in [-0.05, 0) is 18.6 Å². The smallest absolute Gasteiger partial charge is 0.322 e. The van der Waals surface area contributed by atoms with E-state index in [1.165, 1.54) is 10.9 Å². The van der Waals surface area contributed by atoms with Crippen LogP contribution in [0, 0.1) is 6.92 Å². The van der Waals surface area contributed by atoms with Crippen molar-refractivity contribution in [2.24, 2.45) is 0 Å². The molecule has 0 aliphatic carbocycles. The molecule has 0 aromatic carbocycles. The van der Waals surface area contributed by atoms with Gasteiger partial charge in [0, 0.05) is 12.6 Å². The van der Waals surface area contributed by atoms with Crippen LogP contribution in [0.2, 0.25) is 5.15 Å². The zero-order chi connectivity index (χ0) is 16.3. The van der Waals surface area contributed by atoms with Crippen molar-refractivity contribution in [2.75, 3.05) is 5.32 Å². The van der Waals surface area contributed by atoms with Gasteiger partial charge in [0.1, 0.15) is 0 Å². The maximum atomic E-state index is 12.1. The van der Waals surface area contributed by atoms with E-state index in [0.717, 1.165) is 5.56 Å². The lowest BCUT2D eigenvalue weighted by Gasteiger charge is -2.06. The van der Waals surface area contributed by atoms with Crippen LogP contribution in [0.1, 0.15) is 18.4 Å². The van der Waals surface area contributed by atoms with E-state index in [9.17, 15) is 18.0 Å². The first-order valence-electron chi connectivity index (χ1n) is 6.28. The van der Waals surface area contributed by atoms with Crippen molar-refractivity contribution >= 4 is 23.2 Å². The molecule has 1 N–H and O–H groups in total. The van der Waals surface area contributed by atoms with Gasteiger partial charge in [-0.3, -0.25) is 9.78 Å². The van der Waals surface area contributed by atoms with Crippen LogP contribution in [0.3, 0.4) is 0 Å². The Labute approximate surface area is 129 Å². The summed E-state index contributed by atoms with van der Waals surface area (Å²) < 4.78 is 37.6. The summed E-state index contributed by atoms with van der Waals surface area (Å²) in [5, 5.41) is 6.29. The van der Waals surface area contributed by atoms with Crippen molar-refractivity contribution in [3.8, 4) is 5.69 Å². The fourth-order valence-electron chi connectivity index (χ4n) is 1.70. The molecule has 0 bridgehead atoms. The first kappa shape index (κ1) is 16.3. The van der Waals surface area contributed by atoms with Crippen LogP contribution in [0.15, 0.2) is 24.7 Å². The number of nitrogens with zero attached hydrogens (tertiary/aromatic N) is 3. The second-order valence-corrected chi connectivity index (χ2v) is 5.02. The fourth-order valence-corrected chi connectivity index (χ4v) is 1.88. The third-order valence-corrected chi connectivity index (χ3v) is 2.98. The lowest BCUT2D eigenvalue weighted by molar-refractivity contribution is -0.142. The van der Waals surface area contributed by atoms with E-state index in [2.05, 4.69) is 15.4 Å². The molecule has 9 heteroatoms. The number of aryl methyl sites for hydroxylation is 1. The number of hydrogen-bond donors (Lipinski definition) is 1. The lowest BCUT2D eigenvalue weighted by atomic mass is 10.3. The minimum Gasteiger partial charge on any atom is -0.322 e. The summed E-state index contributed by atoms with van der Waals surface area (Å²) in [7, 11) is 0. The molecule has 0 atom stereocenters. The summed E-state index contributed by atoms with van der Waals surface area (Å²) in [6.07, 6.45) is -1.60. The predicted molar refractivity (Wildman–Crippen MR) is 75.0 cm³/mol. The molecule has 0 fully saturated rings. The molecule has 0 saturated carbocycles. The van der Waals surface area contributed by atoms with Crippen LogP contribution in [-0.2, 0) is 4.79 Å². The van der Waals surface area contributed by atoms with Crippen molar-refractivity contribution in [3.63, 3.8) is 0 Å². The molecular formula is C13H12ClF3N4O. The van der Waals surface area contributed by atoms with Gasteiger partial charge >= 0.3 is 6.18 Å². The van der Waals surface area contributed by atoms with E-state index >= 15 is 0 Å². The number of amides is 1. The molecule has 0 radical (unpaired) electrons. The highest BCUT2D eigenvalue weighted by Gasteiger charge is 2.28. The summed E-state index contributed by atoms with van der Waals surface area (Å²) in [4.78, 5) is 15.5. The maximum absolute atomic E-state index is 12.1. The molecule has 0 aliphatic rings. The fraction of sp³-hybridized carbons (Fsp3) is 0.308. The molecule has 0 unspecified atom stereocenters. The Morgan fingerprint density at radius 2 is 2.14 bits per heavy atom. The van der Waals surface area contributed by atoms with Crippen molar-refractivity contribution in [1.29, 1.82) is 0 Å². The van der Waals surface area contributed by atoms with Gasteiger partial charge in [-0.2, -0.15) is 18.3 Å². The molecular weight excluding hydrogens is 321 g/mol. The number of pyridine rings is 1. The molecule has 1 amide bonds. The van der Waals surface area contributed by atoms with E-state index in [0.29, 0.717) is 5.69 Å². The number of carbonyl (C=O) groups is 1. The molecule has 118 valence electrons. The number of halogens is 4. The van der Waals surface area contributed by atoms with E-state index in [1.54, 1.807) is 18.5 Å². The van der Waals surface area contributed by atoms with Gasteiger partial charge in [-0.15, -0.1) is 0 Å². The van der Waals surface area contributed by atoms with Gasteiger partial charge in [-0.1, -0.05) is 11.6 Å². The highest BCUT2D eigenvalue weighted by Crippen LogP contribution is 2.24. The number of rotatable bonds is 4. The molecule has 2 rings (SSSR count). The summed E-state index contributed by atoms with van der Waals surface area (Å²) in [6, 6.07) is 1.80. The summed E-state index contributed by atoms with van der Waals surface area (Å²) in [5.41, 5.74) is 1.67. The van der Waals surface area contributed by atoms with Crippen LogP contribution >= 0.6 is 11.6 Å². The third-order valence-electron chi connectivity index (χ3n) is 2.70. The summed E-state index contributed by atoms with van der Waals surface area (Å²) >= 11 is 5.88. The SMILES string of the molecule is Cc1cncc(-n2cc(NC(=O)CCC(F)(F)F)c(Cl)n2)c1. The molecule has 22 heavy (non-hydrogen) atoms. The van der Waals surface area contributed by atoms with Crippen molar-refractivity contribution in [2.45, 2.75) is 25.9 Å². The predicted octanol–water partition coefficient (Wildman–Crippen LogP) is 3.51. The molecule has 5 nitrogen and oxygen atoms in total. The summed E-state index contributed by atoms with van der Waals surface area (Å²) in [6.45, 7) is 1.85. The molecule has 0 aliphatic heterocycles. The molecule has 0 saturated heterocycles. The highest BCUT2D eigenvalue weighted by atomic mass is 35.5. The van der Waals surface area contributed by atoms with Crippen LogP contribution < -0.4 is 5.32 Å². The zero-order valence-corrected chi connectivity index (χ0v) is 12.2. The largest absolute Gasteiger partial charge is 0.389 e. The Morgan fingerprint density at radius 1 is 1.41 bits per heavy atom. The lowest BCUT2D eigenvalue weighted by Crippen LogP contribution is -2.16. The van der Waals surface area contributed by atoms with Gasteiger partial charge in [-0.25, -0.2) is 4.68 Å². The monoisotopic (exact) mass is 332 g/mol. The Kier molecular flexibility index (Phi) is 4.70. The maximum Gasteiger partial charge on any atom is 0.389 e. The van der Waals surface area contributed by atoms with Crippen LogP contribution in [-0.4, -0.2) is 26.8 Å². The average Bonchev–Trinajstić information content (AvgIpc) is 2.77. The summed E-state index contributed by atoms with van der Waals surface area (Å²) in [5.74, 6) is -0.777. The van der Waals surface area contributed by atoms with Crippen LogP contribution in [0.5, 0.6) is 0 Å². The van der Waals surface area contributed by atoms with E-state index in [1.807, 2.05) is 6.92 Å². The van der Waals surface area contributed by atoms with E-state index < -0.39 is 24.9 Å². The number of aromatic nitrogens is 3. The van der Waals surface area contributed by atoms with Crippen molar-refractivity contribution in [3.05, 3.63) is 35.4 Å². The minimum absolute atomic E-state index is 0.0122. The second-order valence-electron chi connectivity index (χ2n) is 4.66. The number of hydrogen-bond acceptors (Lipinski definition) is 3. The highest BCUT2D eigenvalue weighted by molar-refractivity contribution is 6.32. The normalized spacial score (nSPS) is 11.5. The van der Waals surface area contributed by atoms with Gasteiger partial charge in [0.05, 0.1) is 30.2 Å². The van der Waals surface area contributed by atoms with Gasteiger partial charge in [0.2, 0.25) is 5.91 Å². The van der Waals surface area contributed by atoms with Crippen LogP contribution in [0.25, 0.3) is 5.69 Å². The molecule has 2 aromatic heterocycles. The number of anilines is 1. The number of nitrogens with one attached hydrogen (secondary N) is 1. The standard InChI is InChI=1S/C13H12ClF3N4O/c1-8-4-9(6-18-5-8)21-7-10(12(14)20-21)19-11(22)2-3-13(15,16)17/h4-7H,2-3H2,1H3,(H,19,22). The van der Waals surface area contributed by atoms with Gasteiger partial charge < -0.3 is 5.32 Å². The van der Waals surface area contributed by atoms with E-state index in [4.69, 9.17) is 11.6 Å². The Balaban J connectivity index is 2.09. The average molecular weight is 333 g/mol. The first-order chi connectivity index (χ1) is 10.2. The van der Waals surface area contributed by atoms with Gasteiger partial charge in [0.15, 0.2) is 5.15 Å². The number of carbonyl (C=O) groups excluding carboxylic acids is 1. The third kappa shape index (κ3) is 4.45. The van der Waals surface area contributed by atoms with E-state index in [-0.39, 0.29) is 10.8 Å². The Morgan fingerprint density at radius 3 is 2.77 bits per heavy atom. The quantitative estimate of drug-likeness (QED) is 0.932. The molecule has 0 spiro atoms. The minimum atomic E-state index is -4.38. The Bertz CT molecular complexity index is 684. The topological polar surface area (TPSA) is 59.8 Å².